The first kappa shape index (κ1) is 12.2. The van der Waals surface area contributed by atoms with Gasteiger partial charge in [0.25, 0.3) is 0 Å². The first-order valence-electron chi connectivity index (χ1n) is 6.88. The minimum absolute atomic E-state index is 0.156. The molecule has 1 aromatic carbocycles. The number of carbonyl (C=O) groups is 1. The Morgan fingerprint density at radius 2 is 2.26 bits per heavy atom. The third-order valence-corrected chi connectivity index (χ3v) is 3.80. The van der Waals surface area contributed by atoms with Crippen LogP contribution in [0.25, 0.3) is 10.9 Å². The fraction of sp³-hybridized carbons (Fsp3) is 0.400. The number of H-pyrrole nitrogens is 1. The van der Waals surface area contributed by atoms with Crippen LogP contribution in [0.3, 0.4) is 0 Å². The van der Waals surface area contributed by atoms with Crippen molar-refractivity contribution < 1.29 is 4.79 Å². The molecule has 3 rings (SSSR count). The maximum absolute atomic E-state index is 11.9. The van der Waals surface area contributed by atoms with E-state index in [1.807, 2.05) is 18.3 Å². The number of rotatable bonds is 4. The maximum Gasteiger partial charge on any atom is 0.224 e. The molecule has 1 aliphatic heterocycles. The molecular weight excluding hydrogens is 238 g/mol. The van der Waals surface area contributed by atoms with Crippen LogP contribution in [0.4, 0.5) is 0 Å². The average Bonchev–Trinajstić information content (AvgIpc) is 3.08. The highest BCUT2D eigenvalue weighted by Gasteiger charge is 2.21. The number of hydrogen-bond donors (Lipinski definition) is 3. The number of fused-ring (bicyclic) bond motifs is 1. The smallest absolute Gasteiger partial charge is 0.224 e. The molecule has 100 valence electrons. The average molecular weight is 257 g/mol. The van der Waals surface area contributed by atoms with Gasteiger partial charge in [-0.15, -0.1) is 0 Å². The van der Waals surface area contributed by atoms with E-state index >= 15 is 0 Å². The molecule has 19 heavy (non-hydrogen) atoms. The number of hydrogen-bond acceptors (Lipinski definition) is 2. The zero-order valence-corrected chi connectivity index (χ0v) is 10.9. The van der Waals surface area contributed by atoms with Gasteiger partial charge in [-0.2, -0.15) is 0 Å². The Hall–Kier alpha value is -1.81. The van der Waals surface area contributed by atoms with Gasteiger partial charge in [-0.3, -0.25) is 4.79 Å². The van der Waals surface area contributed by atoms with Gasteiger partial charge in [0.05, 0.1) is 5.92 Å². The van der Waals surface area contributed by atoms with Gasteiger partial charge in [0, 0.05) is 30.2 Å². The van der Waals surface area contributed by atoms with Gasteiger partial charge >= 0.3 is 0 Å². The van der Waals surface area contributed by atoms with Crippen molar-refractivity contribution in [1.82, 2.24) is 15.6 Å². The van der Waals surface area contributed by atoms with Crippen LogP contribution in [0.5, 0.6) is 0 Å². The summed E-state index contributed by atoms with van der Waals surface area (Å²) in [7, 11) is 0. The highest BCUT2D eigenvalue weighted by Crippen LogP contribution is 2.17. The van der Waals surface area contributed by atoms with Gasteiger partial charge in [0.15, 0.2) is 0 Å². The second kappa shape index (κ2) is 5.45. The first-order valence-corrected chi connectivity index (χ1v) is 6.88. The molecule has 1 atom stereocenters. The molecule has 4 heteroatoms. The quantitative estimate of drug-likeness (QED) is 0.776. The van der Waals surface area contributed by atoms with Gasteiger partial charge in [0.1, 0.15) is 0 Å². The Morgan fingerprint density at radius 3 is 3.11 bits per heavy atom. The van der Waals surface area contributed by atoms with Crippen LogP contribution in [0.15, 0.2) is 30.5 Å². The second-order valence-electron chi connectivity index (χ2n) is 5.09. The summed E-state index contributed by atoms with van der Waals surface area (Å²) in [5, 5.41) is 7.50. The summed E-state index contributed by atoms with van der Waals surface area (Å²) >= 11 is 0. The zero-order chi connectivity index (χ0) is 13.1. The molecule has 4 nitrogen and oxygen atoms in total. The highest BCUT2D eigenvalue weighted by molar-refractivity contribution is 5.83. The van der Waals surface area contributed by atoms with Crippen molar-refractivity contribution in [3.8, 4) is 0 Å². The molecule has 1 aliphatic rings. The number of aromatic nitrogens is 1. The van der Waals surface area contributed by atoms with Crippen LogP contribution in [0.1, 0.15) is 12.0 Å². The summed E-state index contributed by atoms with van der Waals surface area (Å²) in [6.07, 6.45) is 3.86. The molecule has 0 unspecified atom stereocenters. The number of benzene rings is 1. The normalized spacial score (nSPS) is 18.8. The second-order valence-corrected chi connectivity index (χ2v) is 5.09. The van der Waals surface area contributed by atoms with Gasteiger partial charge in [-0.05, 0) is 31.0 Å². The van der Waals surface area contributed by atoms with Gasteiger partial charge in [-0.1, -0.05) is 18.2 Å². The molecule has 0 spiro atoms. The van der Waals surface area contributed by atoms with Crippen LogP contribution in [0, 0.1) is 5.92 Å². The van der Waals surface area contributed by atoms with E-state index in [1.54, 1.807) is 0 Å². The number of nitrogens with one attached hydrogen (secondary N) is 3. The van der Waals surface area contributed by atoms with E-state index in [0.717, 1.165) is 31.4 Å². The topological polar surface area (TPSA) is 56.9 Å². The molecule has 0 bridgehead atoms. The predicted octanol–water partition coefficient (Wildman–Crippen LogP) is 1.44. The fourth-order valence-electron chi connectivity index (χ4n) is 2.68. The molecule has 1 saturated heterocycles. The van der Waals surface area contributed by atoms with Crippen LogP contribution >= 0.6 is 0 Å². The lowest BCUT2D eigenvalue weighted by Gasteiger charge is -2.09. The van der Waals surface area contributed by atoms with E-state index in [2.05, 4.69) is 27.8 Å². The monoisotopic (exact) mass is 257 g/mol. The molecule has 1 fully saturated rings. The van der Waals surface area contributed by atoms with Gasteiger partial charge in [0.2, 0.25) is 5.91 Å². The molecule has 2 heterocycles. The van der Waals surface area contributed by atoms with Crippen molar-refractivity contribution in [3.63, 3.8) is 0 Å². The fourth-order valence-corrected chi connectivity index (χ4v) is 2.68. The maximum atomic E-state index is 11.9. The Labute approximate surface area is 112 Å². The van der Waals surface area contributed by atoms with E-state index in [-0.39, 0.29) is 11.8 Å². The predicted molar refractivity (Wildman–Crippen MR) is 76.0 cm³/mol. The highest BCUT2D eigenvalue weighted by atomic mass is 16.1. The van der Waals surface area contributed by atoms with Crippen LogP contribution < -0.4 is 10.6 Å². The molecular formula is C15H19N3O. The largest absolute Gasteiger partial charge is 0.361 e. The van der Waals surface area contributed by atoms with Crippen molar-refractivity contribution in [1.29, 1.82) is 0 Å². The van der Waals surface area contributed by atoms with Gasteiger partial charge in [-0.25, -0.2) is 0 Å². The molecule has 1 amide bonds. The minimum atomic E-state index is 0.156. The van der Waals surface area contributed by atoms with E-state index in [0.29, 0.717) is 6.54 Å². The van der Waals surface area contributed by atoms with Crippen LogP contribution in [-0.2, 0) is 11.2 Å². The van der Waals surface area contributed by atoms with Crippen molar-refractivity contribution in [2.24, 2.45) is 5.92 Å². The summed E-state index contributed by atoms with van der Waals surface area (Å²) in [5.41, 5.74) is 2.42. The molecule has 0 radical (unpaired) electrons. The SMILES string of the molecule is O=C(NCCc1c[nH]c2ccccc12)[C@@H]1CCNC1. The standard InChI is InChI=1S/C15H19N3O/c19-15(12-5-7-16-9-12)17-8-6-11-10-18-14-4-2-1-3-13(11)14/h1-4,10,12,16,18H,5-9H2,(H,17,19)/t12-/m1/s1. The Balaban J connectivity index is 1.56. The van der Waals surface area contributed by atoms with E-state index in [1.165, 1.54) is 10.9 Å². The minimum Gasteiger partial charge on any atom is -0.361 e. The number of para-hydroxylation sites is 1. The summed E-state index contributed by atoms with van der Waals surface area (Å²) < 4.78 is 0. The molecule has 2 aromatic rings. The third kappa shape index (κ3) is 2.63. The van der Waals surface area contributed by atoms with E-state index in [4.69, 9.17) is 0 Å². The van der Waals surface area contributed by atoms with E-state index < -0.39 is 0 Å². The van der Waals surface area contributed by atoms with Crippen LogP contribution in [-0.4, -0.2) is 30.5 Å². The Kier molecular flexibility index (Phi) is 3.51. The zero-order valence-electron chi connectivity index (χ0n) is 10.9. The summed E-state index contributed by atoms with van der Waals surface area (Å²) in [6, 6.07) is 8.26. The van der Waals surface area contributed by atoms with Crippen molar-refractivity contribution >= 4 is 16.8 Å². The van der Waals surface area contributed by atoms with Crippen molar-refractivity contribution in [2.75, 3.05) is 19.6 Å². The first-order chi connectivity index (χ1) is 9.34. The summed E-state index contributed by atoms with van der Waals surface area (Å²) in [5.74, 6) is 0.341. The molecule has 1 aromatic heterocycles. The summed E-state index contributed by atoms with van der Waals surface area (Å²) in [4.78, 5) is 15.1. The number of carbonyl (C=O) groups excluding carboxylic acids is 1. The lowest BCUT2D eigenvalue weighted by Crippen LogP contribution is -2.33. The molecule has 3 N–H and O–H groups in total. The lowest BCUT2D eigenvalue weighted by molar-refractivity contribution is -0.124. The van der Waals surface area contributed by atoms with Crippen molar-refractivity contribution in [3.05, 3.63) is 36.0 Å². The lowest BCUT2D eigenvalue weighted by atomic mass is 10.1. The third-order valence-electron chi connectivity index (χ3n) is 3.80. The molecule has 0 aliphatic carbocycles. The van der Waals surface area contributed by atoms with Crippen LogP contribution in [0.2, 0.25) is 0 Å². The Morgan fingerprint density at radius 1 is 1.37 bits per heavy atom. The van der Waals surface area contributed by atoms with E-state index in [9.17, 15) is 4.79 Å². The molecule has 0 saturated carbocycles. The van der Waals surface area contributed by atoms with Gasteiger partial charge < -0.3 is 15.6 Å². The summed E-state index contributed by atoms with van der Waals surface area (Å²) in [6.45, 7) is 2.48. The number of amides is 1. The number of aromatic amines is 1. The Bertz CT molecular complexity index is 570. The van der Waals surface area contributed by atoms with Crippen molar-refractivity contribution in [2.45, 2.75) is 12.8 Å².